The van der Waals surface area contributed by atoms with E-state index in [0.29, 0.717) is 5.82 Å². The lowest BCUT2D eigenvalue weighted by atomic mass is 10.0. The maximum absolute atomic E-state index is 13.2. The Hall–Kier alpha value is -2.81. The van der Waals surface area contributed by atoms with Crippen LogP contribution < -0.4 is 0 Å². The van der Waals surface area contributed by atoms with Crippen molar-refractivity contribution in [2.45, 2.75) is 6.92 Å². The van der Waals surface area contributed by atoms with Gasteiger partial charge in [-0.3, -0.25) is 0 Å². The van der Waals surface area contributed by atoms with Crippen molar-refractivity contribution >= 4 is 21.7 Å². The Morgan fingerprint density at radius 3 is 2.36 bits per heavy atom. The molecule has 4 aromatic rings. The fourth-order valence-electron chi connectivity index (χ4n) is 2.80. The van der Waals surface area contributed by atoms with Crippen molar-refractivity contribution in [3.05, 3.63) is 72.3 Å². The second kappa shape index (κ2) is 4.88. The molecule has 4 rings (SSSR count). The number of aryl methyl sites for hydroxylation is 1. The van der Waals surface area contributed by atoms with Gasteiger partial charge in [-0.05, 0) is 42.6 Å². The Labute approximate surface area is 127 Å². The first-order chi connectivity index (χ1) is 10.7. The van der Waals surface area contributed by atoms with Gasteiger partial charge in [0.1, 0.15) is 11.6 Å². The van der Waals surface area contributed by atoms with Gasteiger partial charge in [-0.2, -0.15) is 0 Å². The summed E-state index contributed by atoms with van der Waals surface area (Å²) >= 11 is 0. The van der Waals surface area contributed by atoms with Crippen LogP contribution in [0.4, 0.5) is 4.39 Å². The van der Waals surface area contributed by atoms with E-state index in [0.717, 1.165) is 32.9 Å². The molecule has 0 aliphatic carbocycles. The van der Waals surface area contributed by atoms with Gasteiger partial charge in [0.25, 0.3) is 0 Å². The van der Waals surface area contributed by atoms with Crippen LogP contribution in [0.25, 0.3) is 32.9 Å². The van der Waals surface area contributed by atoms with Crippen molar-refractivity contribution in [3.8, 4) is 11.3 Å². The lowest BCUT2D eigenvalue weighted by Gasteiger charge is -2.09. The summed E-state index contributed by atoms with van der Waals surface area (Å²) in [5.41, 5.74) is 2.67. The van der Waals surface area contributed by atoms with Gasteiger partial charge in [0, 0.05) is 16.3 Å². The minimum Gasteiger partial charge on any atom is -0.233 e. The van der Waals surface area contributed by atoms with Crippen molar-refractivity contribution in [2.75, 3.05) is 0 Å². The molecule has 0 amide bonds. The Morgan fingerprint density at radius 2 is 1.55 bits per heavy atom. The van der Waals surface area contributed by atoms with E-state index < -0.39 is 0 Å². The zero-order valence-corrected chi connectivity index (χ0v) is 12.0. The molecule has 0 saturated carbocycles. The molecule has 0 atom stereocenters. The third-order valence-electron chi connectivity index (χ3n) is 3.82. The fourth-order valence-corrected chi connectivity index (χ4v) is 2.80. The topological polar surface area (TPSA) is 25.8 Å². The number of nitrogens with zero attached hydrogens (tertiary/aromatic N) is 2. The number of halogens is 1. The van der Waals surface area contributed by atoms with Crippen LogP contribution in [-0.4, -0.2) is 9.97 Å². The summed E-state index contributed by atoms with van der Waals surface area (Å²) in [7, 11) is 0. The molecule has 0 unspecified atom stereocenters. The largest absolute Gasteiger partial charge is 0.233 e. The van der Waals surface area contributed by atoms with Gasteiger partial charge in [0.05, 0.1) is 11.2 Å². The Morgan fingerprint density at radius 1 is 0.773 bits per heavy atom. The number of rotatable bonds is 1. The molecule has 0 aliphatic rings. The van der Waals surface area contributed by atoms with E-state index in [1.54, 1.807) is 12.1 Å². The van der Waals surface area contributed by atoms with Gasteiger partial charge < -0.3 is 0 Å². The van der Waals surface area contributed by atoms with Crippen LogP contribution in [0, 0.1) is 12.7 Å². The molecular weight excluding hydrogens is 275 g/mol. The average Bonchev–Trinajstić information content (AvgIpc) is 2.55. The number of aromatic nitrogens is 2. The van der Waals surface area contributed by atoms with E-state index in [2.05, 4.69) is 28.2 Å². The highest BCUT2D eigenvalue weighted by atomic mass is 19.1. The standard InChI is InChI=1S/C19H13FN2/c1-12-21-18(14-6-9-15(20)10-7-14)17-11-8-13-4-2-3-5-16(13)19(17)22-12/h2-11H,1H3. The van der Waals surface area contributed by atoms with E-state index in [-0.39, 0.29) is 5.82 Å². The van der Waals surface area contributed by atoms with Gasteiger partial charge >= 0.3 is 0 Å². The average molecular weight is 288 g/mol. The van der Waals surface area contributed by atoms with Crippen LogP contribution in [0.15, 0.2) is 60.7 Å². The first-order valence-electron chi connectivity index (χ1n) is 7.14. The highest BCUT2D eigenvalue weighted by Crippen LogP contribution is 2.30. The molecule has 0 N–H and O–H groups in total. The SMILES string of the molecule is Cc1nc(-c2ccc(F)cc2)c2ccc3ccccc3c2n1. The molecule has 3 aromatic carbocycles. The molecule has 0 spiro atoms. The monoisotopic (exact) mass is 288 g/mol. The van der Waals surface area contributed by atoms with Crippen molar-refractivity contribution in [2.24, 2.45) is 0 Å². The Balaban J connectivity index is 2.11. The van der Waals surface area contributed by atoms with E-state index in [4.69, 9.17) is 0 Å². The minimum atomic E-state index is -0.246. The summed E-state index contributed by atoms with van der Waals surface area (Å²) in [6, 6.07) is 18.7. The number of fused-ring (bicyclic) bond motifs is 3. The van der Waals surface area contributed by atoms with Crippen molar-refractivity contribution < 1.29 is 4.39 Å². The fraction of sp³-hybridized carbons (Fsp3) is 0.0526. The van der Waals surface area contributed by atoms with Gasteiger partial charge in [-0.1, -0.05) is 30.3 Å². The molecule has 0 bridgehead atoms. The molecule has 1 heterocycles. The highest BCUT2D eigenvalue weighted by molar-refractivity contribution is 6.09. The molecule has 3 heteroatoms. The summed E-state index contributed by atoms with van der Waals surface area (Å²) in [5, 5.41) is 3.24. The smallest absolute Gasteiger partial charge is 0.126 e. The van der Waals surface area contributed by atoms with Crippen LogP contribution in [-0.2, 0) is 0 Å². The predicted molar refractivity (Wildman–Crippen MR) is 87.2 cm³/mol. The zero-order valence-electron chi connectivity index (χ0n) is 12.0. The number of hydrogen-bond donors (Lipinski definition) is 0. The minimum absolute atomic E-state index is 0.246. The van der Waals surface area contributed by atoms with Crippen molar-refractivity contribution in [3.63, 3.8) is 0 Å². The zero-order chi connectivity index (χ0) is 15.1. The van der Waals surface area contributed by atoms with Crippen LogP contribution in [0.2, 0.25) is 0 Å². The summed E-state index contributed by atoms with van der Waals surface area (Å²) in [6.07, 6.45) is 0. The maximum atomic E-state index is 13.2. The van der Waals surface area contributed by atoms with E-state index in [9.17, 15) is 4.39 Å². The molecule has 106 valence electrons. The number of benzene rings is 3. The first kappa shape index (κ1) is 12.9. The molecule has 0 aliphatic heterocycles. The van der Waals surface area contributed by atoms with Crippen molar-refractivity contribution in [1.82, 2.24) is 9.97 Å². The third kappa shape index (κ3) is 2.02. The van der Waals surface area contributed by atoms with E-state index in [1.165, 1.54) is 12.1 Å². The van der Waals surface area contributed by atoms with Gasteiger partial charge in [-0.25, -0.2) is 14.4 Å². The van der Waals surface area contributed by atoms with Gasteiger partial charge in [0.2, 0.25) is 0 Å². The molecule has 22 heavy (non-hydrogen) atoms. The summed E-state index contributed by atoms with van der Waals surface area (Å²) in [5.74, 6) is 0.465. The Kier molecular flexibility index (Phi) is 2.86. The second-order valence-electron chi connectivity index (χ2n) is 5.31. The summed E-state index contributed by atoms with van der Waals surface area (Å²) in [4.78, 5) is 9.20. The summed E-state index contributed by atoms with van der Waals surface area (Å²) < 4.78 is 13.2. The molecule has 1 aromatic heterocycles. The van der Waals surface area contributed by atoms with Crippen LogP contribution in [0.5, 0.6) is 0 Å². The van der Waals surface area contributed by atoms with E-state index in [1.807, 2.05) is 25.1 Å². The lowest BCUT2D eigenvalue weighted by molar-refractivity contribution is 0.628. The van der Waals surface area contributed by atoms with E-state index >= 15 is 0 Å². The second-order valence-corrected chi connectivity index (χ2v) is 5.31. The first-order valence-corrected chi connectivity index (χ1v) is 7.14. The molecule has 0 radical (unpaired) electrons. The normalized spacial score (nSPS) is 11.2. The quantitative estimate of drug-likeness (QED) is 0.466. The molecule has 0 fully saturated rings. The van der Waals surface area contributed by atoms with Gasteiger partial charge in [-0.15, -0.1) is 0 Å². The molecule has 2 nitrogen and oxygen atoms in total. The lowest BCUT2D eigenvalue weighted by Crippen LogP contribution is -1.95. The highest BCUT2D eigenvalue weighted by Gasteiger charge is 2.10. The van der Waals surface area contributed by atoms with Gasteiger partial charge in [0.15, 0.2) is 0 Å². The van der Waals surface area contributed by atoms with Crippen molar-refractivity contribution in [1.29, 1.82) is 0 Å². The number of hydrogen-bond acceptors (Lipinski definition) is 2. The Bertz CT molecular complexity index is 991. The van der Waals surface area contributed by atoms with Crippen LogP contribution >= 0.6 is 0 Å². The predicted octanol–water partition coefficient (Wildman–Crippen LogP) is 4.90. The van der Waals surface area contributed by atoms with Crippen LogP contribution in [0.3, 0.4) is 0 Å². The summed E-state index contributed by atoms with van der Waals surface area (Å²) in [6.45, 7) is 1.88. The maximum Gasteiger partial charge on any atom is 0.126 e. The molecule has 0 saturated heterocycles. The third-order valence-corrected chi connectivity index (χ3v) is 3.82. The molecular formula is C19H13FN2. The van der Waals surface area contributed by atoms with Crippen LogP contribution in [0.1, 0.15) is 5.82 Å².